The summed E-state index contributed by atoms with van der Waals surface area (Å²) in [6.07, 6.45) is 5.04. The number of carbonyl (C=O) groups is 1. The predicted octanol–water partition coefficient (Wildman–Crippen LogP) is 1.97. The van der Waals surface area contributed by atoms with Gasteiger partial charge in [-0.2, -0.15) is 0 Å². The number of hydrogen-bond acceptors (Lipinski definition) is 3. The fourth-order valence-corrected chi connectivity index (χ4v) is 2.53. The number of primary amides is 1. The van der Waals surface area contributed by atoms with Crippen molar-refractivity contribution in [3.63, 3.8) is 0 Å². The van der Waals surface area contributed by atoms with Crippen LogP contribution in [0, 0.1) is 0 Å². The molecule has 2 rings (SSSR count). The molecule has 110 valence electrons. The zero-order chi connectivity index (χ0) is 14.2. The van der Waals surface area contributed by atoms with Crippen molar-refractivity contribution in [2.45, 2.75) is 32.1 Å². The van der Waals surface area contributed by atoms with Crippen molar-refractivity contribution in [2.24, 2.45) is 5.73 Å². The van der Waals surface area contributed by atoms with E-state index in [0.29, 0.717) is 12.8 Å². The van der Waals surface area contributed by atoms with Crippen molar-refractivity contribution in [1.82, 2.24) is 4.90 Å². The Hall–Kier alpha value is -1.55. The summed E-state index contributed by atoms with van der Waals surface area (Å²) in [6.45, 7) is 4.11. The van der Waals surface area contributed by atoms with E-state index >= 15 is 0 Å². The Morgan fingerprint density at radius 3 is 2.80 bits per heavy atom. The maximum atomic E-state index is 10.8. The van der Waals surface area contributed by atoms with Crippen molar-refractivity contribution >= 4 is 5.91 Å². The Labute approximate surface area is 120 Å². The van der Waals surface area contributed by atoms with Crippen LogP contribution in [0.25, 0.3) is 0 Å². The van der Waals surface area contributed by atoms with Gasteiger partial charge in [0.1, 0.15) is 12.4 Å². The smallest absolute Gasteiger partial charge is 0.217 e. The molecule has 1 aliphatic rings. The first-order valence-corrected chi connectivity index (χ1v) is 7.46. The molecule has 0 bridgehead atoms. The lowest BCUT2D eigenvalue weighted by Crippen LogP contribution is -2.33. The summed E-state index contributed by atoms with van der Waals surface area (Å²) >= 11 is 0. The summed E-state index contributed by atoms with van der Waals surface area (Å²) in [6, 6.07) is 7.93. The van der Waals surface area contributed by atoms with Crippen molar-refractivity contribution in [2.75, 3.05) is 26.2 Å². The third-order valence-corrected chi connectivity index (χ3v) is 3.68. The topological polar surface area (TPSA) is 55.6 Å². The zero-order valence-corrected chi connectivity index (χ0v) is 12.0. The highest BCUT2D eigenvalue weighted by atomic mass is 16.5. The molecule has 0 radical (unpaired) electrons. The van der Waals surface area contributed by atoms with Crippen LogP contribution in [-0.4, -0.2) is 37.0 Å². The van der Waals surface area contributed by atoms with Gasteiger partial charge in [-0.25, -0.2) is 0 Å². The molecule has 0 spiro atoms. The Morgan fingerprint density at radius 2 is 2.05 bits per heavy atom. The van der Waals surface area contributed by atoms with Gasteiger partial charge in [-0.3, -0.25) is 9.69 Å². The zero-order valence-electron chi connectivity index (χ0n) is 12.0. The average Bonchev–Trinajstić information content (AvgIpc) is 2.47. The lowest BCUT2D eigenvalue weighted by atomic mass is 10.1. The molecule has 0 unspecified atom stereocenters. The highest BCUT2D eigenvalue weighted by Gasteiger charge is 2.09. The number of rotatable bonds is 7. The van der Waals surface area contributed by atoms with E-state index in [1.807, 2.05) is 24.3 Å². The summed E-state index contributed by atoms with van der Waals surface area (Å²) < 4.78 is 5.80. The molecule has 1 heterocycles. The molecule has 1 aromatic carbocycles. The number of ether oxygens (including phenoxy) is 1. The van der Waals surface area contributed by atoms with E-state index in [4.69, 9.17) is 10.5 Å². The van der Waals surface area contributed by atoms with Crippen LogP contribution in [-0.2, 0) is 11.2 Å². The molecule has 1 fully saturated rings. The summed E-state index contributed by atoms with van der Waals surface area (Å²) in [5.41, 5.74) is 6.26. The van der Waals surface area contributed by atoms with Gasteiger partial charge in [-0.05, 0) is 50.0 Å². The summed E-state index contributed by atoms with van der Waals surface area (Å²) in [4.78, 5) is 13.2. The van der Waals surface area contributed by atoms with Gasteiger partial charge in [0, 0.05) is 13.0 Å². The van der Waals surface area contributed by atoms with Gasteiger partial charge >= 0.3 is 0 Å². The first kappa shape index (κ1) is 14.9. The van der Waals surface area contributed by atoms with Crippen LogP contribution in [0.2, 0.25) is 0 Å². The largest absolute Gasteiger partial charge is 0.492 e. The molecule has 4 nitrogen and oxygen atoms in total. The van der Waals surface area contributed by atoms with Crippen LogP contribution < -0.4 is 10.5 Å². The van der Waals surface area contributed by atoms with Crippen molar-refractivity contribution in [3.8, 4) is 5.75 Å². The molecule has 1 aliphatic heterocycles. The summed E-state index contributed by atoms with van der Waals surface area (Å²) in [5.74, 6) is 0.616. The first-order chi connectivity index (χ1) is 9.74. The Bertz CT molecular complexity index is 428. The lowest BCUT2D eigenvalue weighted by Gasteiger charge is -2.26. The fraction of sp³-hybridized carbons (Fsp3) is 0.562. The van der Waals surface area contributed by atoms with E-state index in [1.165, 1.54) is 32.4 Å². The van der Waals surface area contributed by atoms with Crippen LogP contribution in [0.3, 0.4) is 0 Å². The van der Waals surface area contributed by atoms with Gasteiger partial charge in [0.2, 0.25) is 5.91 Å². The highest BCUT2D eigenvalue weighted by Crippen LogP contribution is 2.15. The first-order valence-electron chi connectivity index (χ1n) is 7.46. The minimum atomic E-state index is -0.263. The number of benzene rings is 1. The second-order valence-corrected chi connectivity index (χ2v) is 5.36. The van der Waals surface area contributed by atoms with Crippen LogP contribution in [0.1, 0.15) is 31.2 Å². The number of likely N-dealkylation sites (tertiary alicyclic amines) is 1. The Balaban J connectivity index is 1.74. The van der Waals surface area contributed by atoms with Crippen molar-refractivity contribution < 1.29 is 9.53 Å². The predicted molar refractivity (Wildman–Crippen MR) is 79.7 cm³/mol. The van der Waals surface area contributed by atoms with Gasteiger partial charge < -0.3 is 10.5 Å². The molecule has 4 heteroatoms. The Morgan fingerprint density at radius 1 is 1.25 bits per heavy atom. The van der Waals surface area contributed by atoms with Gasteiger partial charge in [-0.15, -0.1) is 0 Å². The molecular weight excluding hydrogens is 252 g/mol. The van der Waals surface area contributed by atoms with Crippen molar-refractivity contribution in [1.29, 1.82) is 0 Å². The Kier molecular flexibility index (Phi) is 5.87. The van der Waals surface area contributed by atoms with E-state index < -0.39 is 0 Å². The molecule has 2 N–H and O–H groups in total. The van der Waals surface area contributed by atoms with Crippen LogP contribution in [0.15, 0.2) is 24.3 Å². The van der Waals surface area contributed by atoms with E-state index in [-0.39, 0.29) is 5.91 Å². The number of hydrogen-bond donors (Lipinski definition) is 1. The molecular formula is C16H24N2O2. The molecule has 0 atom stereocenters. The fourth-order valence-electron chi connectivity index (χ4n) is 2.53. The maximum Gasteiger partial charge on any atom is 0.217 e. The van der Waals surface area contributed by atoms with Crippen LogP contribution in [0.5, 0.6) is 5.75 Å². The number of aryl methyl sites for hydroxylation is 1. The van der Waals surface area contributed by atoms with E-state index in [2.05, 4.69) is 4.90 Å². The standard InChI is InChI=1S/C16H24N2O2/c17-16(19)8-7-14-5-4-6-15(13-14)20-12-11-18-9-2-1-3-10-18/h4-6,13H,1-3,7-12H2,(H2,17,19). The summed E-state index contributed by atoms with van der Waals surface area (Å²) in [7, 11) is 0. The molecule has 20 heavy (non-hydrogen) atoms. The quantitative estimate of drug-likeness (QED) is 0.828. The van der Waals surface area contributed by atoms with Crippen LogP contribution >= 0.6 is 0 Å². The second kappa shape index (κ2) is 7.90. The van der Waals surface area contributed by atoms with E-state index in [0.717, 1.165) is 24.5 Å². The van der Waals surface area contributed by atoms with Gasteiger partial charge in [0.25, 0.3) is 0 Å². The highest BCUT2D eigenvalue weighted by molar-refractivity contribution is 5.74. The van der Waals surface area contributed by atoms with Crippen LogP contribution in [0.4, 0.5) is 0 Å². The number of carbonyl (C=O) groups excluding carboxylic acids is 1. The maximum absolute atomic E-state index is 10.8. The number of amides is 1. The third kappa shape index (κ3) is 5.21. The summed E-state index contributed by atoms with van der Waals surface area (Å²) in [5, 5.41) is 0. The minimum Gasteiger partial charge on any atom is -0.492 e. The SMILES string of the molecule is NC(=O)CCc1cccc(OCCN2CCCCC2)c1. The van der Waals surface area contributed by atoms with Gasteiger partial charge in [0.05, 0.1) is 0 Å². The molecule has 1 saturated heterocycles. The van der Waals surface area contributed by atoms with Gasteiger partial charge in [0.15, 0.2) is 0 Å². The average molecular weight is 276 g/mol. The molecule has 1 amide bonds. The normalized spacial score (nSPS) is 16.0. The molecule has 1 aromatic rings. The molecule has 0 aromatic heterocycles. The van der Waals surface area contributed by atoms with Crippen molar-refractivity contribution in [3.05, 3.63) is 29.8 Å². The molecule has 0 saturated carbocycles. The number of piperidine rings is 1. The molecule has 0 aliphatic carbocycles. The third-order valence-electron chi connectivity index (χ3n) is 3.68. The van der Waals surface area contributed by atoms with E-state index in [1.54, 1.807) is 0 Å². The van der Waals surface area contributed by atoms with Gasteiger partial charge in [-0.1, -0.05) is 18.6 Å². The second-order valence-electron chi connectivity index (χ2n) is 5.36. The number of nitrogens with zero attached hydrogens (tertiary/aromatic N) is 1. The number of nitrogens with two attached hydrogens (primary N) is 1. The minimum absolute atomic E-state index is 0.263. The monoisotopic (exact) mass is 276 g/mol. The lowest BCUT2D eigenvalue weighted by molar-refractivity contribution is -0.117. The van der Waals surface area contributed by atoms with E-state index in [9.17, 15) is 4.79 Å².